The van der Waals surface area contributed by atoms with E-state index in [1.54, 1.807) is 24.3 Å². The maximum atomic E-state index is 10.4. The van der Waals surface area contributed by atoms with E-state index >= 15 is 0 Å². The fourth-order valence-corrected chi connectivity index (χ4v) is 1.57. The molecule has 0 radical (unpaired) electrons. The summed E-state index contributed by atoms with van der Waals surface area (Å²) in [6.07, 6.45) is 1.13. The number of aldehydes is 1. The maximum absolute atomic E-state index is 10.4. The Kier molecular flexibility index (Phi) is 6.63. The Bertz CT molecular complexity index is 585. The van der Waals surface area contributed by atoms with Crippen molar-refractivity contribution >= 4 is 17.9 Å². The minimum absolute atomic E-state index is 0.385. The van der Waals surface area contributed by atoms with Crippen molar-refractivity contribution in [3.05, 3.63) is 65.7 Å². The second-order valence-corrected chi connectivity index (χ2v) is 4.38. The number of benzene rings is 2. The van der Waals surface area contributed by atoms with Crippen molar-refractivity contribution in [3.8, 4) is 0 Å². The lowest BCUT2D eigenvalue weighted by molar-refractivity contribution is -0.138. The molecular weight excluding hydrogens is 268 g/mol. The van der Waals surface area contributed by atoms with E-state index < -0.39 is 12.0 Å². The van der Waals surface area contributed by atoms with Gasteiger partial charge in [-0.05, 0) is 24.1 Å². The largest absolute Gasteiger partial charge is 0.480 e. The van der Waals surface area contributed by atoms with Crippen molar-refractivity contribution in [3.63, 3.8) is 0 Å². The fourth-order valence-electron chi connectivity index (χ4n) is 1.57. The van der Waals surface area contributed by atoms with Crippen molar-refractivity contribution in [1.29, 1.82) is 0 Å². The summed E-state index contributed by atoms with van der Waals surface area (Å²) in [5, 5.41) is 8.52. The molecule has 0 fully saturated rings. The number of carbonyl (C=O) groups is 2. The van der Waals surface area contributed by atoms with Crippen molar-refractivity contribution in [2.45, 2.75) is 12.5 Å². The Morgan fingerprint density at radius 3 is 2.14 bits per heavy atom. The summed E-state index contributed by atoms with van der Waals surface area (Å²) in [5.74, 6) is -0.959. The zero-order chi connectivity index (χ0) is 15.7. The zero-order valence-corrected chi connectivity index (χ0v) is 11.5. The molecule has 1 atom stereocenters. The van der Waals surface area contributed by atoms with Crippen molar-refractivity contribution in [2.24, 2.45) is 5.73 Å². The highest BCUT2D eigenvalue weighted by Crippen LogP contribution is 2.05. The first kappa shape index (κ1) is 16.4. The van der Waals surface area contributed by atoms with Crippen molar-refractivity contribution in [2.75, 3.05) is 5.73 Å². The van der Waals surface area contributed by atoms with Crippen LogP contribution in [0.3, 0.4) is 0 Å². The molecule has 110 valence electrons. The molecule has 0 heterocycles. The number of rotatable bonds is 4. The second kappa shape index (κ2) is 8.50. The number of carboxylic acids is 1. The molecule has 0 saturated carbocycles. The number of hydrogen-bond donors (Lipinski definition) is 3. The van der Waals surface area contributed by atoms with Gasteiger partial charge in [0.2, 0.25) is 0 Å². The topological polar surface area (TPSA) is 106 Å². The van der Waals surface area contributed by atoms with Crippen LogP contribution in [0.2, 0.25) is 0 Å². The van der Waals surface area contributed by atoms with E-state index in [1.165, 1.54) is 0 Å². The predicted molar refractivity (Wildman–Crippen MR) is 82.0 cm³/mol. The zero-order valence-electron chi connectivity index (χ0n) is 11.5. The molecule has 2 aromatic rings. The van der Waals surface area contributed by atoms with Crippen LogP contribution in [0.15, 0.2) is 54.6 Å². The Hall–Kier alpha value is -2.66. The summed E-state index contributed by atoms with van der Waals surface area (Å²) in [6.45, 7) is 0. The van der Waals surface area contributed by atoms with E-state index in [-0.39, 0.29) is 0 Å². The van der Waals surface area contributed by atoms with Crippen molar-refractivity contribution in [1.82, 2.24) is 0 Å². The summed E-state index contributed by atoms with van der Waals surface area (Å²) >= 11 is 0. The number of carbonyl (C=O) groups excluding carboxylic acids is 1. The van der Waals surface area contributed by atoms with Crippen LogP contribution in [0.25, 0.3) is 0 Å². The standard InChI is InChI=1S/C9H11NO2.C7H7NO/c10-8(9(11)12)6-7-4-2-1-3-5-7;8-7-4-2-1-3-6(7)5-9/h1-5,8H,6,10H2,(H,11,12);1-5H,8H2/t8-;/m0./s1. The number of nitrogen functional groups attached to an aromatic ring is 1. The lowest BCUT2D eigenvalue weighted by Gasteiger charge is -2.04. The van der Waals surface area contributed by atoms with Crippen LogP contribution in [0.4, 0.5) is 5.69 Å². The first-order valence-electron chi connectivity index (χ1n) is 6.36. The third-order valence-electron chi connectivity index (χ3n) is 2.74. The molecule has 21 heavy (non-hydrogen) atoms. The summed E-state index contributed by atoms with van der Waals surface area (Å²) in [6, 6.07) is 15.5. The number of nitrogens with two attached hydrogens (primary N) is 2. The SMILES string of the molecule is N[C@@H](Cc1ccccc1)C(=O)O.Nc1ccccc1C=O. The van der Waals surface area contributed by atoms with Crippen LogP contribution in [0, 0.1) is 0 Å². The summed E-state index contributed by atoms with van der Waals surface area (Å²) in [7, 11) is 0. The van der Waals surface area contributed by atoms with E-state index in [2.05, 4.69) is 0 Å². The molecule has 5 nitrogen and oxygen atoms in total. The molecule has 2 aromatic carbocycles. The Balaban J connectivity index is 0.000000219. The smallest absolute Gasteiger partial charge is 0.320 e. The van der Waals surface area contributed by atoms with Gasteiger partial charge in [0.05, 0.1) is 0 Å². The van der Waals surface area contributed by atoms with Crippen molar-refractivity contribution < 1.29 is 14.7 Å². The molecule has 5 N–H and O–H groups in total. The molecular formula is C16H18N2O3. The van der Waals surface area contributed by atoms with Crippen LogP contribution in [-0.4, -0.2) is 23.4 Å². The molecule has 0 amide bonds. The Morgan fingerprint density at radius 2 is 1.67 bits per heavy atom. The van der Waals surface area contributed by atoms with Gasteiger partial charge < -0.3 is 16.6 Å². The number of anilines is 1. The fraction of sp³-hybridized carbons (Fsp3) is 0.125. The van der Waals surface area contributed by atoms with Gasteiger partial charge in [-0.3, -0.25) is 9.59 Å². The Labute approximate surface area is 123 Å². The molecule has 5 heteroatoms. The van der Waals surface area contributed by atoms with Crippen LogP contribution >= 0.6 is 0 Å². The molecule has 0 aliphatic carbocycles. The monoisotopic (exact) mass is 286 g/mol. The van der Waals surface area contributed by atoms with E-state index in [9.17, 15) is 9.59 Å². The highest BCUT2D eigenvalue weighted by Gasteiger charge is 2.10. The molecule has 0 aliphatic rings. The van der Waals surface area contributed by atoms with Gasteiger partial charge in [-0.1, -0.05) is 42.5 Å². The van der Waals surface area contributed by atoms with Gasteiger partial charge in [-0.15, -0.1) is 0 Å². The van der Waals surface area contributed by atoms with E-state index in [0.29, 0.717) is 17.7 Å². The molecule has 0 saturated heterocycles. The third kappa shape index (κ3) is 5.88. The average molecular weight is 286 g/mol. The van der Waals surface area contributed by atoms with E-state index in [0.717, 1.165) is 11.8 Å². The van der Waals surface area contributed by atoms with Crippen LogP contribution < -0.4 is 11.5 Å². The van der Waals surface area contributed by atoms with E-state index in [1.807, 2.05) is 30.3 Å². The molecule has 0 bridgehead atoms. The van der Waals surface area contributed by atoms with Crippen LogP contribution in [0.5, 0.6) is 0 Å². The van der Waals surface area contributed by atoms with Gasteiger partial charge in [-0.25, -0.2) is 0 Å². The first-order chi connectivity index (χ1) is 10.0. The van der Waals surface area contributed by atoms with Gasteiger partial charge in [0, 0.05) is 11.3 Å². The molecule has 0 spiro atoms. The van der Waals surface area contributed by atoms with Gasteiger partial charge >= 0.3 is 5.97 Å². The predicted octanol–water partition coefficient (Wildman–Crippen LogP) is 1.72. The van der Waals surface area contributed by atoms with Gasteiger partial charge in [0.1, 0.15) is 6.04 Å². The molecule has 2 rings (SSSR count). The quantitative estimate of drug-likeness (QED) is 0.586. The summed E-state index contributed by atoms with van der Waals surface area (Å²) in [4.78, 5) is 20.5. The van der Waals surface area contributed by atoms with Crippen LogP contribution in [0.1, 0.15) is 15.9 Å². The number of aliphatic carboxylic acids is 1. The number of carboxylic acid groups (broad SMARTS) is 1. The molecule has 0 aliphatic heterocycles. The summed E-state index contributed by atoms with van der Waals surface area (Å²) in [5.41, 5.74) is 12.8. The van der Waals surface area contributed by atoms with Gasteiger partial charge in [-0.2, -0.15) is 0 Å². The lowest BCUT2D eigenvalue weighted by atomic mass is 10.1. The Morgan fingerprint density at radius 1 is 1.10 bits per heavy atom. The first-order valence-corrected chi connectivity index (χ1v) is 6.36. The normalized spacial score (nSPS) is 10.9. The number of para-hydroxylation sites is 1. The molecule has 0 unspecified atom stereocenters. The van der Waals surface area contributed by atoms with Gasteiger partial charge in [0.15, 0.2) is 6.29 Å². The van der Waals surface area contributed by atoms with Crippen LogP contribution in [-0.2, 0) is 11.2 Å². The highest BCUT2D eigenvalue weighted by molar-refractivity contribution is 5.82. The highest BCUT2D eigenvalue weighted by atomic mass is 16.4. The third-order valence-corrected chi connectivity index (χ3v) is 2.74. The van der Waals surface area contributed by atoms with E-state index in [4.69, 9.17) is 16.6 Å². The average Bonchev–Trinajstić information content (AvgIpc) is 2.49. The minimum Gasteiger partial charge on any atom is -0.480 e. The maximum Gasteiger partial charge on any atom is 0.320 e. The lowest BCUT2D eigenvalue weighted by Crippen LogP contribution is -2.32. The van der Waals surface area contributed by atoms with Gasteiger partial charge in [0.25, 0.3) is 0 Å². The number of hydrogen-bond acceptors (Lipinski definition) is 4. The second-order valence-electron chi connectivity index (χ2n) is 4.38. The minimum atomic E-state index is -0.959. The summed E-state index contributed by atoms with van der Waals surface area (Å²) < 4.78 is 0. The molecule has 0 aromatic heterocycles.